The Morgan fingerprint density at radius 1 is 1.14 bits per heavy atom. The van der Waals surface area contributed by atoms with Crippen LogP contribution < -0.4 is 5.73 Å². The van der Waals surface area contributed by atoms with Crippen LogP contribution in [-0.4, -0.2) is 46.9 Å². The summed E-state index contributed by atoms with van der Waals surface area (Å²) in [7, 11) is 3.65. The van der Waals surface area contributed by atoms with Gasteiger partial charge in [0.05, 0.1) is 0 Å². The van der Waals surface area contributed by atoms with Gasteiger partial charge >= 0.3 is 8.80 Å². The molecular formula is C15H29NO3Si2. The first-order valence-electron chi connectivity index (χ1n) is 7.13. The second-order valence-electron chi connectivity index (χ2n) is 4.53. The third-order valence-corrected chi connectivity index (χ3v) is 6.98. The quantitative estimate of drug-likeness (QED) is 0.773. The molecule has 0 amide bonds. The van der Waals surface area contributed by atoms with Gasteiger partial charge in [-0.05, 0) is 25.5 Å². The van der Waals surface area contributed by atoms with Crippen molar-refractivity contribution < 1.29 is 13.3 Å². The Hall–Kier alpha value is -0.766. The van der Waals surface area contributed by atoms with Crippen molar-refractivity contribution in [2.45, 2.75) is 19.4 Å². The van der Waals surface area contributed by atoms with Gasteiger partial charge in [0.2, 0.25) is 0 Å². The number of hydrogen-bond donors (Lipinski definition) is 1. The summed E-state index contributed by atoms with van der Waals surface area (Å²) in [5.41, 5.74) is 10.4. The molecule has 0 spiro atoms. The van der Waals surface area contributed by atoms with Gasteiger partial charge in [0.15, 0.2) is 0 Å². The van der Waals surface area contributed by atoms with Crippen LogP contribution in [0.1, 0.15) is 18.9 Å². The molecule has 0 saturated carbocycles. The number of hydrogen-bond acceptors (Lipinski definition) is 4. The Balaban J connectivity index is 0.000000382. The largest absolute Gasteiger partial charge is 0.500 e. The van der Waals surface area contributed by atoms with Crippen molar-refractivity contribution in [2.75, 3.05) is 27.9 Å². The zero-order valence-electron chi connectivity index (χ0n) is 13.9. The van der Waals surface area contributed by atoms with Crippen LogP contribution in [0.25, 0.3) is 5.57 Å². The van der Waals surface area contributed by atoms with Gasteiger partial charge in [-0.2, -0.15) is 0 Å². The average Bonchev–Trinajstić information content (AvgIpc) is 2.57. The van der Waals surface area contributed by atoms with Crippen molar-refractivity contribution in [2.24, 2.45) is 5.73 Å². The van der Waals surface area contributed by atoms with E-state index in [4.69, 9.17) is 19.0 Å². The summed E-state index contributed by atoms with van der Waals surface area (Å²) in [6.45, 7) is 2.80. The van der Waals surface area contributed by atoms with Crippen LogP contribution in [0.5, 0.6) is 0 Å². The summed E-state index contributed by atoms with van der Waals surface area (Å²) >= 11 is 0. The number of nitrogens with two attached hydrogens (primary N) is 1. The minimum absolute atomic E-state index is 0.644. The molecule has 0 atom stereocenters. The Morgan fingerprint density at radius 2 is 1.67 bits per heavy atom. The first-order chi connectivity index (χ1) is 10.1. The fourth-order valence-corrected chi connectivity index (χ4v) is 3.83. The number of benzene rings is 1. The standard InChI is InChI=1S/C9H12Si.C6H17NO3Si/c1-8(7-10)9-5-3-2-4-6-9;1-8-11(9-2,10-3)6-4-5-7/h2-7H,1,10H3;4-7H2,1-3H3. The smallest absolute Gasteiger partial charge is 0.377 e. The van der Waals surface area contributed by atoms with E-state index in [1.807, 2.05) is 6.07 Å². The van der Waals surface area contributed by atoms with Crippen LogP contribution in [0.3, 0.4) is 0 Å². The lowest BCUT2D eigenvalue weighted by Crippen LogP contribution is -2.42. The minimum Gasteiger partial charge on any atom is -0.377 e. The van der Waals surface area contributed by atoms with Crippen molar-refractivity contribution in [3.05, 3.63) is 41.6 Å². The summed E-state index contributed by atoms with van der Waals surface area (Å²) < 4.78 is 15.5. The van der Waals surface area contributed by atoms with Crippen LogP contribution in [-0.2, 0) is 13.3 Å². The van der Waals surface area contributed by atoms with Crippen molar-refractivity contribution in [3.63, 3.8) is 0 Å². The molecule has 1 rings (SSSR count). The molecule has 0 radical (unpaired) electrons. The van der Waals surface area contributed by atoms with E-state index in [2.05, 4.69) is 36.9 Å². The van der Waals surface area contributed by atoms with Gasteiger partial charge in [-0.3, -0.25) is 0 Å². The molecule has 0 heterocycles. The maximum atomic E-state index is 5.36. The van der Waals surface area contributed by atoms with Crippen LogP contribution in [0.4, 0.5) is 0 Å². The second kappa shape index (κ2) is 11.8. The molecule has 0 unspecified atom stereocenters. The third-order valence-electron chi connectivity index (χ3n) is 3.28. The van der Waals surface area contributed by atoms with Gasteiger partial charge in [0.1, 0.15) is 0 Å². The lowest BCUT2D eigenvalue weighted by atomic mass is 10.1. The second-order valence-corrected chi connectivity index (χ2v) is 8.19. The summed E-state index contributed by atoms with van der Waals surface area (Å²) in [5, 5.41) is 0. The monoisotopic (exact) mass is 327 g/mol. The van der Waals surface area contributed by atoms with Gasteiger partial charge < -0.3 is 19.0 Å². The molecule has 0 aliphatic rings. The van der Waals surface area contributed by atoms with Gasteiger partial charge in [-0.1, -0.05) is 35.9 Å². The number of rotatable bonds is 7. The van der Waals surface area contributed by atoms with Crippen molar-refractivity contribution in [1.29, 1.82) is 0 Å². The Morgan fingerprint density at radius 3 is 2.05 bits per heavy atom. The van der Waals surface area contributed by atoms with E-state index in [-0.39, 0.29) is 0 Å². The molecule has 1 aromatic carbocycles. The molecule has 0 fully saturated rings. The maximum Gasteiger partial charge on any atom is 0.500 e. The lowest BCUT2D eigenvalue weighted by Gasteiger charge is -2.23. The van der Waals surface area contributed by atoms with Crippen molar-refractivity contribution >= 4 is 24.6 Å². The predicted octanol–water partition coefficient (Wildman–Crippen LogP) is 1.63. The first-order valence-corrected chi connectivity index (χ1v) is 10.2. The van der Waals surface area contributed by atoms with E-state index in [1.165, 1.54) is 11.1 Å². The molecule has 0 aliphatic heterocycles. The molecule has 6 heteroatoms. The van der Waals surface area contributed by atoms with Gasteiger partial charge in [-0.25, -0.2) is 0 Å². The maximum absolute atomic E-state index is 5.36. The summed E-state index contributed by atoms with van der Waals surface area (Å²) in [5.74, 6) is 0. The molecular weight excluding hydrogens is 298 g/mol. The highest BCUT2D eigenvalue weighted by Crippen LogP contribution is 2.13. The molecule has 21 heavy (non-hydrogen) atoms. The van der Waals surface area contributed by atoms with Crippen LogP contribution in [0.15, 0.2) is 36.0 Å². The van der Waals surface area contributed by atoms with Crippen molar-refractivity contribution in [1.82, 2.24) is 0 Å². The highest BCUT2D eigenvalue weighted by atomic mass is 28.4. The normalized spacial score (nSPS) is 12.0. The molecule has 2 N–H and O–H groups in total. The number of allylic oxidation sites excluding steroid dienone is 1. The van der Waals surface area contributed by atoms with E-state index in [0.717, 1.165) is 22.7 Å². The molecule has 0 saturated heterocycles. The Labute approximate surface area is 133 Å². The van der Waals surface area contributed by atoms with E-state index >= 15 is 0 Å². The lowest BCUT2D eigenvalue weighted by molar-refractivity contribution is 0.123. The van der Waals surface area contributed by atoms with E-state index in [1.54, 1.807) is 21.3 Å². The SMILES string of the molecule is CC(=C[SiH3])c1ccccc1.CO[Si](CCCN)(OC)OC. The molecule has 4 nitrogen and oxygen atoms in total. The summed E-state index contributed by atoms with van der Waals surface area (Å²) in [4.78, 5) is 0. The first kappa shape index (κ1) is 20.2. The van der Waals surface area contributed by atoms with E-state index in [9.17, 15) is 0 Å². The zero-order chi connectivity index (χ0) is 16.1. The highest BCUT2D eigenvalue weighted by molar-refractivity contribution is 6.60. The van der Waals surface area contributed by atoms with Gasteiger partial charge in [0, 0.05) is 37.6 Å². The van der Waals surface area contributed by atoms with Crippen molar-refractivity contribution in [3.8, 4) is 0 Å². The fourth-order valence-electron chi connectivity index (χ4n) is 1.74. The van der Waals surface area contributed by atoms with Crippen LogP contribution >= 0.6 is 0 Å². The topological polar surface area (TPSA) is 53.7 Å². The Kier molecular flexibility index (Phi) is 11.4. The third kappa shape index (κ3) is 7.70. The van der Waals surface area contributed by atoms with Gasteiger partial charge in [-0.15, -0.1) is 5.70 Å². The summed E-state index contributed by atoms with van der Waals surface area (Å²) in [6, 6.07) is 11.3. The fraction of sp³-hybridized carbons (Fsp3) is 0.467. The minimum atomic E-state index is -2.32. The predicted molar refractivity (Wildman–Crippen MR) is 95.3 cm³/mol. The molecule has 0 bridgehead atoms. The highest BCUT2D eigenvalue weighted by Gasteiger charge is 2.36. The van der Waals surface area contributed by atoms with E-state index < -0.39 is 8.80 Å². The average molecular weight is 328 g/mol. The van der Waals surface area contributed by atoms with E-state index in [0.29, 0.717) is 6.54 Å². The van der Waals surface area contributed by atoms with Crippen LogP contribution in [0, 0.1) is 0 Å². The zero-order valence-corrected chi connectivity index (χ0v) is 16.9. The molecule has 1 aromatic rings. The molecule has 120 valence electrons. The summed E-state index contributed by atoms with van der Waals surface area (Å²) in [6.07, 6.45) is 0.877. The van der Waals surface area contributed by atoms with Crippen LogP contribution in [0.2, 0.25) is 6.04 Å². The molecule has 0 aromatic heterocycles. The van der Waals surface area contributed by atoms with Gasteiger partial charge in [0.25, 0.3) is 0 Å². The molecule has 0 aliphatic carbocycles. The Bertz CT molecular complexity index is 387.